The number of methoxy groups -OCH3 is 1. The summed E-state index contributed by atoms with van der Waals surface area (Å²) in [5.41, 5.74) is 0. The molecule has 1 amide bonds. The van der Waals surface area contributed by atoms with Crippen LogP contribution >= 0.6 is 0 Å². The lowest BCUT2D eigenvalue weighted by atomic mass is 9.90. The first-order chi connectivity index (χ1) is 14.5. The Morgan fingerprint density at radius 2 is 1.87 bits per heavy atom. The number of halogens is 1. The van der Waals surface area contributed by atoms with Gasteiger partial charge >= 0.3 is 6.09 Å². The summed E-state index contributed by atoms with van der Waals surface area (Å²) in [6.07, 6.45) is 11.1. The van der Waals surface area contributed by atoms with Crippen LogP contribution in [0.15, 0.2) is 18.7 Å². The van der Waals surface area contributed by atoms with Gasteiger partial charge in [0.15, 0.2) is 5.82 Å². The van der Waals surface area contributed by atoms with Crippen molar-refractivity contribution in [3.05, 3.63) is 24.5 Å². The molecule has 6 nitrogen and oxygen atoms in total. The lowest BCUT2D eigenvalue weighted by molar-refractivity contribution is -0.0126. The van der Waals surface area contributed by atoms with Crippen molar-refractivity contribution in [2.45, 2.75) is 70.6 Å². The fourth-order valence-electron chi connectivity index (χ4n) is 6.29. The lowest BCUT2D eigenvalue weighted by Crippen LogP contribution is -2.45. The molecule has 5 rings (SSSR count). The van der Waals surface area contributed by atoms with Crippen LogP contribution in [-0.4, -0.2) is 52.9 Å². The Labute approximate surface area is 178 Å². The Morgan fingerprint density at radius 1 is 1.10 bits per heavy atom. The van der Waals surface area contributed by atoms with E-state index in [0.29, 0.717) is 30.6 Å². The molecule has 4 fully saturated rings. The third-order valence-corrected chi connectivity index (χ3v) is 8.06. The molecule has 1 aromatic rings. The predicted octanol–water partition coefficient (Wildman–Crippen LogP) is 4.31. The molecular weight excluding hydrogens is 385 g/mol. The number of hydrogen-bond donors (Lipinski definition) is 0. The van der Waals surface area contributed by atoms with Gasteiger partial charge in [0.05, 0.1) is 38.3 Å². The van der Waals surface area contributed by atoms with Gasteiger partial charge in [-0.05, 0) is 61.7 Å². The minimum atomic E-state index is -0.400. The molecule has 7 unspecified atom stereocenters. The van der Waals surface area contributed by atoms with Crippen LogP contribution in [0.25, 0.3) is 0 Å². The Morgan fingerprint density at radius 3 is 2.50 bits per heavy atom. The average molecular weight is 420 g/mol. The number of aromatic nitrogens is 2. The summed E-state index contributed by atoms with van der Waals surface area (Å²) in [7, 11) is 1.50. The van der Waals surface area contributed by atoms with Crippen molar-refractivity contribution >= 4 is 6.09 Å². The van der Waals surface area contributed by atoms with Crippen molar-refractivity contribution in [1.82, 2.24) is 14.9 Å². The SMILES string of the molecule is COC(=O)N1C(COC2CCC3C(C2)[C@@H]3C)C(C)C2CCCC21.Fc1cncnc1. The van der Waals surface area contributed by atoms with E-state index in [4.69, 9.17) is 9.47 Å². The smallest absolute Gasteiger partial charge is 0.410 e. The molecule has 0 spiro atoms. The standard InChI is InChI=1S/C19H31NO3.C4H3FN2/c1-11-14-8-7-13(9-16(11)14)23-10-18-12(2)15-5-4-6-17(15)20(18)19(21)22-3;5-4-1-6-3-7-2-4/h11-18H,4-10H2,1-3H3;1-3H/t11-,12?,13?,14?,15?,16?,17?,18?;/m1./s1. The normalized spacial score (nSPS) is 38.9. The number of ether oxygens (including phenoxy) is 2. The van der Waals surface area contributed by atoms with Gasteiger partial charge in [-0.1, -0.05) is 20.3 Å². The van der Waals surface area contributed by atoms with E-state index in [0.717, 1.165) is 36.6 Å². The molecule has 7 heteroatoms. The van der Waals surface area contributed by atoms with Gasteiger partial charge in [0.1, 0.15) is 6.33 Å². The maximum Gasteiger partial charge on any atom is 0.410 e. The Hall–Kier alpha value is -1.76. The molecule has 0 radical (unpaired) electrons. The number of fused-ring (bicyclic) bond motifs is 2. The molecule has 1 aromatic heterocycles. The quantitative estimate of drug-likeness (QED) is 0.731. The van der Waals surface area contributed by atoms with E-state index in [9.17, 15) is 9.18 Å². The van der Waals surface area contributed by atoms with E-state index in [1.807, 2.05) is 4.90 Å². The first-order valence-electron chi connectivity index (χ1n) is 11.4. The lowest BCUT2D eigenvalue weighted by Gasteiger charge is -2.31. The van der Waals surface area contributed by atoms with Crippen LogP contribution < -0.4 is 0 Å². The Bertz CT molecular complexity index is 721. The fourth-order valence-corrected chi connectivity index (χ4v) is 6.29. The average Bonchev–Trinajstić information content (AvgIpc) is 3.09. The van der Waals surface area contributed by atoms with Crippen LogP contribution in [0, 0.1) is 35.4 Å². The van der Waals surface area contributed by atoms with Gasteiger partial charge in [0.2, 0.25) is 0 Å². The zero-order valence-electron chi connectivity index (χ0n) is 18.2. The van der Waals surface area contributed by atoms with Gasteiger partial charge < -0.3 is 9.47 Å². The zero-order valence-corrected chi connectivity index (χ0v) is 18.2. The van der Waals surface area contributed by atoms with Crippen molar-refractivity contribution in [3.63, 3.8) is 0 Å². The first-order valence-corrected chi connectivity index (χ1v) is 11.4. The summed E-state index contributed by atoms with van der Waals surface area (Å²) in [5, 5.41) is 0. The third kappa shape index (κ3) is 4.32. The minimum absolute atomic E-state index is 0.153. The van der Waals surface area contributed by atoms with E-state index in [1.54, 1.807) is 0 Å². The van der Waals surface area contributed by atoms with E-state index in [1.165, 1.54) is 45.5 Å². The van der Waals surface area contributed by atoms with Gasteiger partial charge in [-0.3, -0.25) is 4.90 Å². The fraction of sp³-hybridized carbons (Fsp3) is 0.783. The number of rotatable bonds is 3. The summed E-state index contributed by atoms with van der Waals surface area (Å²) >= 11 is 0. The summed E-state index contributed by atoms with van der Waals surface area (Å²) in [6, 6.07) is 0.581. The van der Waals surface area contributed by atoms with Crippen molar-refractivity contribution in [1.29, 1.82) is 0 Å². The number of carbonyl (C=O) groups excluding carboxylic acids is 1. The highest BCUT2D eigenvalue weighted by Crippen LogP contribution is 2.55. The predicted molar refractivity (Wildman–Crippen MR) is 110 cm³/mol. The van der Waals surface area contributed by atoms with Crippen molar-refractivity contribution in [2.24, 2.45) is 29.6 Å². The van der Waals surface area contributed by atoms with E-state index in [-0.39, 0.29) is 12.1 Å². The molecule has 3 saturated carbocycles. The monoisotopic (exact) mass is 419 g/mol. The topological polar surface area (TPSA) is 64.5 Å². The summed E-state index contributed by atoms with van der Waals surface area (Å²) in [4.78, 5) is 21.1. The molecule has 3 aliphatic carbocycles. The van der Waals surface area contributed by atoms with E-state index in [2.05, 4.69) is 23.8 Å². The van der Waals surface area contributed by atoms with Gasteiger partial charge in [0.25, 0.3) is 0 Å². The van der Waals surface area contributed by atoms with E-state index >= 15 is 0 Å². The van der Waals surface area contributed by atoms with Crippen LogP contribution in [0.5, 0.6) is 0 Å². The molecule has 0 aromatic carbocycles. The largest absolute Gasteiger partial charge is 0.453 e. The van der Waals surface area contributed by atoms with E-state index < -0.39 is 5.82 Å². The number of carbonyl (C=O) groups is 1. The molecule has 1 saturated heterocycles. The molecule has 4 aliphatic rings. The molecule has 166 valence electrons. The second-order valence-corrected chi connectivity index (χ2v) is 9.48. The van der Waals surface area contributed by atoms with Crippen LogP contribution in [-0.2, 0) is 9.47 Å². The summed E-state index contributed by atoms with van der Waals surface area (Å²) in [5.74, 6) is 3.57. The molecule has 2 heterocycles. The van der Waals surface area contributed by atoms with Crippen LogP contribution in [0.3, 0.4) is 0 Å². The first kappa shape index (κ1) is 21.5. The third-order valence-electron chi connectivity index (χ3n) is 8.06. The highest BCUT2D eigenvalue weighted by molar-refractivity contribution is 5.69. The van der Waals surface area contributed by atoms with Crippen LogP contribution in [0.4, 0.5) is 9.18 Å². The van der Waals surface area contributed by atoms with Gasteiger partial charge in [0, 0.05) is 6.04 Å². The maximum atomic E-state index is 12.3. The number of likely N-dealkylation sites (tertiary alicyclic amines) is 1. The summed E-state index contributed by atoms with van der Waals surface area (Å²) < 4.78 is 23.2. The highest BCUT2D eigenvalue weighted by atomic mass is 19.1. The second kappa shape index (κ2) is 9.16. The molecule has 8 atom stereocenters. The van der Waals surface area contributed by atoms with Crippen molar-refractivity contribution in [3.8, 4) is 0 Å². The number of hydrogen-bond acceptors (Lipinski definition) is 5. The Balaban J connectivity index is 0.000000265. The van der Waals surface area contributed by atoms with Gasteiger partial charge in [-0.25, -0.2) is 19.2 Å². The molecular formula is C23H34FN3O3. The van der Waals surface area contributed by atoms with Gasteiger partial charge in [-0.15, -0.1) is 0 Å². The number of nitrogens with zero attached hydrogens (tertiary/aromatic N) is 3. The van der Waals surface area contributed by atoms with Crippen LogP contribution in [0.2, 0.25) is 0 Å². The van der Waals surface area contributed by atoms with Crippen molar-refractivity contribution < 1.29 is 18.7 Å². The van der Waals surface area contributed by atoms with Gasteiger partial charge in [-0.2, -0.15) is 0 Å². The zero-order chi connectivity index (χ0) is 21.3. The van der Waals surface area contributed by atoms with Crippen LogP contribution in [0.1, 0.15) is 52.4 Å². The summed E-state index contributed by atoms with van der Waals surface area (Å²) in [6.45, 7) is 5.39. The minimum Gasteiger partial charge on any atom is -0.453 e. The van der Waals surface area contributed by atoms with Crippen molar-refractivity contribution in [2.75, 3.05) is 13.7 Å². The maximum absolute atomic E-state index is 12.3. The second-order valence-electron chi connectivity index (χ2n) is 9.48. The number of amides is 1. The Kier molecular flexibility index (Phi) is 6.56. The molecule has 1 aliphatic heterocycles. The molecule has 0 N–H and O–H groups in total. The highest BCUT2D eigenvalue weighted by Gasteiger charge is 2.52. The molecule has 0 bridgehead atoms. The molecule has 30 heavy (non-hydrogen) atoms.